The van der Waals surface area contributed by atoms with Crippen LogP contribution in [0.3, 0.4) is 0 Å². The molecular weight excluding hydrogens is 878 g/mol. The Hall–Kier alpha value is -5.42. The highest BCUT2D eigenvalue weighted by atomic mass is 32.1. The van der Waals surface area contributed by atoms with E-state index in [0.29, 0.717) is 56.6 Å². The molecule has 0 radical (unpaired) electrons. The fourth-order valence-corrected chi connectivity index (χ4v) is 9.42. The third-order valence-electron chi connectivity index (χ3n) is 12.5. The number of nitrogens with two attached hydrogens (primary N) is 1. The lowest BCUT2D eigenvalue weighted by Crippen LogP contribution is -2.57. The van der Waals surface area contributed by atoms with E-state index < -0.39 is 59.2 Å². The standard InChI is InChI=1S/C50H70FN7O8S/c1-30(2)17-24-43(62)57-25-11-14-38(57)47(63)55-36(22-23-41(52)60)28-66-40-15-10-13-34(44(40)51)12-8-9-16-42(61)56-46(50(5,6)7)49(65)58-27-37(59)26-39(58)48(64)54-31(3)33-18-20-35(21-19-33)45-32(4)53-29-67-45/h10,13,15,18-21,29-31,36-39,46,59H,8-9,11-12,14,16-17,22-28H2,1-7H3,(H2,52,60)(H,54,64)(H,55,63)(H,56,61)/t31-,36-,37+,38-,39-,46+/m0/s1. The number of likely N-dealkylation sites (tertiary alicyclic amines) is 2. The van der Waals surface area contributed by atoms with Gasteiger partial charge in [0.05, 0.1) is 34.3 Å². The summed E-state index contributed by atoms with van der Waals surface area (Å²) in [5, 5.41) is 19.5. The maximum absolute atomic E-state index is 15.8. The first-order valence-corrected chi connectivity index (χ1v) is 24.5. The van der Waals surface area contributed by atoms with Crippen LogP contribution in [-0.2, 0) is 35.2 Å². The average Bonchev–Trinajstić information content (AvgIpc) is 4.05. The number of amides is 6. The number of nitrogens with zero attached hydrogens (tertiary/aromatic N) is 3. The number of hydrogen-bond acceptors (Lipinski definition) is 10. The normalized spacial score (nSPS) is 18.6. The molecule has 0 unspecified atom stereocenters. The lowest BCUT2D eigenvalue weighted by Gasteiger charge is -2.35. The molecule has 0 saturated carbocycles. The van der Waals surface area contributed by atoms with Crippen molar-refractivity contribution in [2.75, 3.05) is 19.7 Å². The molecule has 3 aromatic rings. The number of ether oxygens (including phenoxy) is 1. The molecule has 2 aliphatic rings. The molecule has 15 nitrogen and oxygen atoms in total. The van der Waals surface area contributed by atoms with Crippen LogP contribution in [0.5, 0.6) is 5.75 Å². The number of halogens is 1. The Bertz CT molecular complexity index is 2190. The number of nitrogens with one attached hydrogen (secondary N) is 3. The molecule has 3 heterocycles. The van der Waals surface area contributed by atoms with Crippen LogP contribution in [0.4, 0.5) is 4.39 Å². The highest BCUT2D eigenvalue weighted by molar-refractivity contribution is 7.13. The highest BCUT2D eigenvalue weighted by Crippen LogP contribution is 2.30. The Morgan fingerprint density at radius 1 is 0.925 bits per heavy atom. The summed E-state index contributed by atoms with van der Waals surface area (Å²) in [4.78, 5) is 87.6. The Kier molecular flexibility index (Phi) is 18.9. The fourth-order valence-electron chi connectivity index (χ4n) is 8.61. The minimum absolute atomic E-state index is 0.0270. The zero-order valence-electron chi connectivity index (χ0n) is 40.1. The van der Waals surface area contributed by atoms with Gasteiger partial charge in [-0.1, -0.05) is 71.0 Å². The molecule has 6 amide bonds. The summed E-state index contributed by atoms with van der Waals surface area (Å²) in [6, 6.07) is 9.03. The summed E-state index contributed by atoms with van der Waals surface area (Å²) in [6.07, 6.45) is 2.78. The van der Waals surface area contributed by atoms with Gasteiger partial charge >= 0.3 is 0 Å². The van der Waals surface area contributed by atoms with Crippen molar-refractivity contribution in [3.63, 3.8) is 0 Å². The summed E-state index contributed by atoms with van der Waals surface area (Å²) >= 11 is 1.56. The number of unbranched alkanes of at least 4 members (excludes halogenated alkanes) is 1. The smallest absolute Gasteiger partial charge is 0.246 e. The summed E-state index contributed by atoms with van der Waals surface area (Å²) in [7, 11) is 0. The lowest BCUT2D eigenvalue weighted by atomic mass is 9.85. The SMILES string of the molecule is Cc1ncsc1-c1ccc([C@H](C)NC(=O)[C@@H]2C[C@@H](O)CN2C(=O)[C@@H](NC(=O)CCCCc2cccc(OC[C@H](CCC(N)=O)NC(=O)[C@@H]3CCCN3C(=O)CCC(C)C)c2F)C(C)(C)C)cc1. The van der Waals surface area contributed by atoms with Gasteiger partial charge in [0, 0.05) is 38.8 Å². The summed E-state index contributed by atoms with van der Waals surface area (Å²) in [5.41, 5.74) is 9.71. The Morgan fingerprint density at radius 3 is 2.30 bits per heavy atom. The largest absolute Gasteiger partial charge is 0.488 e. The van der Waals surface area contributed by atoms with E-state index in [4.69, 9.17) is 10.5 Å². The van der Waals surface area contributed by atoms with Crippen molar-refractivity contribution in [2.24, 2.45) is 17.1 Å². The van der Waals surface area contributed by atoms with Gasteiger partial charge in [-0.2, -0.15) is 0 Å². The van der Waals surface area contributed by atoms with Gasteiger partial charge in [-0.05, 0) is 92.9 Å². The fraction of sp³-hybridized carbons (Fsp3) is 0.580. The van der Waals surface area contributed by atoms with Gasteiger partial charge in [0.25, 0.3) is 0 Å². The average molecular weight is 948 g/mol. The van der Waals surface area contributed by atoms with Gasteiger partial charge in [0.1, 0.15) is 24.7 Å². The zero-order valence-corrected chi connectivity index (χ0v) is 40.9. The monoisotopic (exact) mass is 947 g/mol. The first-order chi connectivity index (χ1) is 31.7. The van der Waals surface area contributed by atoms with Gasteiger partial charge in [-0.15, -0.1) is 11.3 Å². The molecule has 2 aromatic carbocycles. The summed E-state index contributed by atoms with van der Waals surface area (Å²) in [5.74, 6) is -2.46. The van der Waals surface area contributed by atoms with Gasteiger partial charge in [-0.3, -0.25) is 28.8 Å². The van der Waals surface area contributed by atoms with Crippen molar-refractivity contribution in [1.82, 2.24) is 30.7 Å². The van der Waals surface area contributed by atoms with Gasteiger partial charge in [0.15, 0.2) is 11.6 Å². The second kappa shape index (κ2) is 24.0. The topological polar surface area (TPSA) is 213 Å². The molecule has 2 saturated heterocycles. The maximum Gasteiger partial charge on any atom is 0.246 e. The predicted molar refractivity (Wildman–Crippen MR) is 255 cm³/mol. The van der Waals surface area contributed by atoms with Gasteiger partial charge in [-0.25, -0.2) is 9.37 Å². The number of rotatable bonds is 22. The van der Waals surface area contributed by atoms with Crippen LogP contribution in [0.25, 0.3) is 10.4 Å². The van der Waals surface area contributed by atoms with Gasteiger partial charge < -0.3 is 41.3 Å². The van der Waals surface area contributed by atoms with Crippen molar-refractivity contribution in [1.29, 1.82) is 0 Å². The van der Waals surface area contributed by atoms with Gasteiger partial charge in [0.2, 0.25) is 35.4 Å². The predicted octanol–water partition coefficient (Wildman–Crippen LogP) is 5.90. The number of hydrogen-bond donors (Lipinski definition) is 5. The van der Waals surface area contributed by atoms with Crippen LogP contribution in [0, 0.1) is 24.1 Å². The molecule has 6 atom stereocenters. The maximum atomic E-state index is 15.8. The molecule has 17 heteroatoms. The number of primary amides is 1. The molecule has 0 spiro atoms. The second-order valence-corrected chi connectivity index (χ2v) is 20.4. The molecule has 366 valence electrons. The first kappa shape index (κ1) is 52.5. The van der Waals surface area contributed by atoms with E-state index in [1.165, 1.54) is 11.0 Å². The molecule has 6 N–H and O–H groups in total. The third kappa shape index (κ3) is 14.8. The van der Waals surface area contributed by atoms with E-state index in [1.54, 1.807) is 33.9 Å². The third-order valence-corrected chi connectivity index (χ3v) is 13.5. The molecule has 2 fully saturated rings. The number of thiazole rings is 1. The van der Waals surface area contributed by atoms with E-state index in [9.17, 15) is 33.9 Å². The first-order valence-electron chi connectivity index (χ1n) is 23.6. The van der Waals surface area contributed by atoms with E-state index in [1.807, 2.05) is 72.7 Å². The van der Waals surface area contributed by atoms with Crippen LogP contribution >= 0.6 is 11.3 Å². The minimum Gasteiger partial charge on any atom is -0.488 e. The summed E-state index contributed by atoms with van der Waals surface area (Å²) < 4.78 is 21.7. The molecule has 1 aromatic heterocycles. The van der Waals surface area contributed by atoms with Crippen LogP contribution in [0.1, 0.15) is 129 Å². The molecule has 5 rings (SSSR count). The van der Waals surface area contributed by atoms with E-state index in [-0.39, 0.29) is 68.3 Å². The molecular formula is C50H70FN7O8S. The van der Waals surface area contributed by atoms with Crippen molar-refractivity contribution >= 4 is 46.8 Å². The quantitative estimate of drug-likeness (QED) is 0.0758. The number of carbonyl (C=O) groups is 6. The Labute approximate surface area is 398 Å². The van der Waals surface area contributed by atoms with E-state index in [2.05, 4.69) is 20.9 Å². The number of aliphatic hydroxyl groups excluding tert-OH is 1. The Morgan fingerprint density at radius 2 is 1.64 bits per heavy atom. The van der Waals surface area contributed by atoms with Crippen LogP contribution in [0.2, 0.25) is 0 Å². The molecule has 0 aliphatic carbocycles. The van der Waals surface area contributed by atoms with Crippen LogP contribution in [0.15, 0.2) is 48.0 Å². The summed E-state index contributed by atoms with van der Waals surface area (Å²) in [6.45, 7) is 13.7. The Balaban J connectivity index is 1.12. The molecule has 2 aliphatic heterocycles. The second-order valence-electron chi connectivity index (χ2n) is 19.5. The van der Waals surface area contributed by atoms with Crippen molar-refractivity contribution in [2.45, 2.75) is 155 Å². The van der Waals surface area contributed by atoms with E-state index in [0.717, 1.165) is 28.1 Å². The van der Waals surface area contributed by atoms with Crippen LogP contribution < -0.4 is 26.4 Å². The number of aliphatic hydroxyl groups is 1. The minimum atomic E-state index is -0.988. The van der Waals surface area contributed by atoms with Crippen molar-refractivity contribution in [3.05, 3.63) is 70.6 Å². The molecule has 67 heavy (non-hydrogen) atoms. The number of benzene rings is 2. The number of carbonyl (C=O) groups excluding carboxylic acids is 6. The highest BCUT2D eigenvalue weighted by Gasteiger charge is 2.45. The van der Waals surface area contributed by atoms with Crippen molar-refractivity contribution in [3.8, 4) is 16.2 Å². The number of aromatic nitrogens is 1. The lowest BCUT2D eigenvalue weighted by molar-refractivity contribution is -0.144. The number of aryl methyl sites for hydroxylation is 2. The molecule has 0 bridgehead atoms. The van der Waals surface area contributed by atoms with E-state index >= 15 is 4.39 Å². The van der Waals surface area contributed by atoms with Crippen LogP contribution in [-0.4, -0.2) is 105 Å². The van der Waals surface area contributed by atoms with Crippen molar-refractivity contribution < 1.29 is 43.0 Å². The zero-order chi connectivity index (χ0) is 49.0. The number of β-amino-alcohol motifs (C(OH)–C–C–N with tert-alkyl or cyclic N) is 1.